The zero-order valence-electron chi connectivity index (χ0n) is 10.6. The molecule has 1 aromatic rings. The van der Waals surface area contributed by atoms with Gasteiger partial charge in [0.2, 0.25) is 0 Å². The van der Waals surface area contributed by atoms with E-state index >= 15 is 0 Å². The van der Waals surface area contributed by atoms with Crippen molar-refractivity contribution < 1.29 is 28.2 Å². The highest BCUT2D eigenvalue weighted by Crippen LogP contribution is 2.17. The van der Waals surface area contributed by atoms with Gasteiger partial charge in [-0.1, -0.05) is 0 Å². The lowest BCUT2D eigenvalue weighted by atomic mass is 10.1. The molecule has 0 amide bonds. The van der Waals surface area contributed by atoms with Crippen LogP contribution in [-0.2, 0) is 15.9 Å². The zero-order valence-corrected chi connectivity index (χ0v) is 10.6. The summed E-state index contributed by atoms with van der Waals surface area (Å²) in [6.45, 7) is 0.488. The number of halogens is 2. The van der Waals surface area contributed by atoms with Crippen LogP contribution in [0.2, 0.25) is 0 Å². The highest BCUT2D eigenvalue weighted by atomic mass is 19.1. The van der Waals surface area contributed by atoms with E-state index in [0.717, 1.165) is 19.2 Å². The van der Waals surface area contributed by atoms with Gasteiger partial charge in [0.15, 0.2) is 0 Å². The van der Waals surface area contributed by atoms with Crippen LogP contribution in [-0.4, -0.2) is 38.0 Å². The summed E-state index contributed by atoms with van der Waals surface area (Å²) >= 11 is 0. The van der Waals surface area contributed by atoms with E-state index in [9.17, 15) is 13.6 Å². The van der Waals surface area contributed by atoms with E-state index in [1.807, 2.05) is 0 Å². The molecule has 1 aromatic carbocycles. The number of esters is 1. The Bertz CT molecular complexity index is 412. The van der Waals surface area contributed by atoms with E-state index in [4.69, 9.17) is 9.84 Å². The summed E-state index contributed by atoms with van der Waals surface area (Å²) in [6.07, 6.45) is 0.538. The highest BCUT2D eigenvalue weighted by Gasteiger charge is 2.15. The van der Waals surface area contributed by atoms with Gasteiger partial charge in [0, 0.05) is 25.2 Å². The lowest BCUT2D eigenvalue weighted by molar-refractivity contribution is 0.0599. The van der Waals surface area contributed by atoms with Crippen LogP contribution in [0.5, 0.6) is 0 Å². The molecule has 0 unspecified atom stereocenters. The summed E-state index contributed by atoms with van der Waals surface area (Å²) in [5, 5.41) is 8.53. The Hall–Kier alpha value is -1.53. The number of aliphatic hydroxyl groups excluding tert-OH is 1. The molecule has 0 fully saturated rings. The fraction of sp³-hybridized carbons (Fsp3) is 0.462. The summed E-state index contributed by atoms with van der Waals surface area (Å²) in [5.41, 5.74) is -0.292. The standard InChI is InChI=1S/C13H16F2O4/c1-18-13(17)9-7-11(14)10(12(15)8-9)3-6-19-5-2-4-16/h7-8,16H,2-6H2,1H3. The molecule has 4 nitrogen and oxygen atoms in total. The van der Waals surface area contributed by atoms with Crippen LogP contribution >= 0.6 is 0 Å². The van der Waals surface area contributed by atoms with Crippen molar-refractivity contribution in [1.29, 1.82) is 0 Å². The predicted molar refractivity (Wildman–Crippen MR) is 63.9 cm³/mol. The molecule has 0 bridgehead atoms. The number of methoxy groups -OCH3 is 1. The molecule has 0 radical (unpaired) electrons. The van der Waals surface area contributed by atoms with Gasteiger partial charge in [-0.15, -0.1) is 0 Å². The third-order valence-corrected chi connectivity index (χ3v) is 2.51. The first kappa shape index (κ1) is 15.5. The Morgan fingerprint density at radius 1 is 1.26 bits per heavy atom. The van der Waals surface area contributed by atoms with E-state index in [1.54, 1.807) is 0 Å². The van der Waals surface area contributed by atoms with E-state index < -0.39 is 17.6 Å². The number of hydrogen-bond donors (Lipinski definition) is 1. The number of carbonyl (C=O) groups is 1. The smallest absolute Gasteiger partial charge is 0.338 e. The van der Waals surface area contributed by atoms with E-state index in [1.165, 1.54) is 0 Å². The number of benzene rings is 1. The minimum atomic E-state index is -0.800. The maximum atomic E-state index is 13.6. The summed E-state index contributed by atoms with van der Waals surface area (Å²) in [5.74, 6) is -2.39. The molecule has 106 valence electrons. The van der Waals surface area contributed by atoms with E-state index in [-0.39, 0.29) is 30.8 Å². The number of carbonyl (C=O) groups excluding carboxylic acids is 1. The van der Waals surface area contributed by atoms with Crippen LogP contribution in [0.25, 0.3) is 0 Å². The number of rotatable bonds is 7. The number of aliphatic hydroxyl groups is 1. The van der Waals surface area contributed by atoms with Crippen molar-refractivity contribution in [1.82, 2.24) is 0 Å². The van der Waals surface area contributed by atoms with Crippen LogP contribution in [0.15, 0.2) is 12.1 Å². The van der Waals surface area contributed by atoms with Crippen LogP contribution in [0, 0.1) is 11.6 Å². The second-order valence-corrected chi connectivity index (χ2v) is 3.85. The van der Waals surface area contributed by atoms with Gasteiger partial charge in [-0.2, -0.15) is 0 Å². The molecule has 0 atom stereocenters. The second kappa shape index (κ2) is 7.81. The van der Waals surface area contributed by atoms with Gasteiger partial charge in [0.05, 0.1) is 19.3 Å². The number of ether oxygens (including phenoxy) is 2. The summed E-state index contributed by atoms with van der Waals surface area (Å²) in [4.78, 5) is 11.2. The van der Waals surface area contributed by atoms with Crippen LogP contribution < -0.4 is 0 Å². The maximum Gasteiger partial charge on any atom is 0.338 e. The molecule has 0 aliphatic carbocycles. The zero-order chi connectivity index (χ0) is 14.3. The minimum absolute atomic E-state index is 0.0105. The molecule has 19 heavy (non-hydrogen) atoms. The Morgan fingerprint density at radius 3 is 2.42 bits per heavy atom. The van der Waals surface area contributed by atoms with Crippen molar-refractivity contribution in [3.8, 4) is 0 Å². The topological polar surface area (TPSA) is 55.8 Å². The largest absolute Gasteiger partial charge is 0.465 e. The Labute approximate surface area is 109 Å². The van der Waals surface area contributed by atoms with Gasteiger partial charge in [-0.3, -0.25) is 0 Å². The van der Waals surface area contributed by atoms with Crippen molar-refractivity contribution in [2.45, 2.75) is 12.8 Å². The first-order valence-corrected chi connectivity index (χ1v) is 5.85. The Balaban J connectivity index is 2.66. The molecule has 6 heteroatoms. The lowest BCUT2D eigenvalue weighted by Crippen LogP contribution is -2.08. The predicted octanol–water partition coefficient (Wildman–Crippen LogP) is 1.69. The van der Waals surface area contributed by atoms with Crippen LogP contribution in [0.1, 0.15) is 22.3 Å². The fourth-order valence-electron chi connectivity index (χ4n) is 1.52. The van der Waals surface area contributed by atoms with E-state index in [0.29, 0.717) is 13.0 Å². The summed E-state index contributed by atoms with van der Waals surface area (Å²) in [7, 11) is 1.14. The molecule has 0 saturated carbocycles. The second-order valence-electron chi connectivity index (χ2n) is 3.85. The van der Waals surface area contributed by atoms with Gasteiger partial charge in [-0.05, 0) is 18.6 Å². The van der Waals surface area contributed by atoms with Crippen molar-refractivity contribution in [2.75, 3.05) is 26.9 Å². The summed E-state index contributed by atoms with van der Waals surface area (Å²) < 4.78 is 36.8. The molecule has 0 spiro atoms. The maximum absolute atomic E-state index is 13.6. The van der Waals surface area contributed by atoms with Crippen LogP contribution in [0.4, 0.5) is 8.78 Å². The number of hydrogen-bond acceptors (Lipinski definition) is 4. The first-order valence-electron chi connectivity index (χ1n) is 5.85. The first-order chi connectivity index (χ1) is 9.10. The molecule has 0 heterocycles. The van der Waals surface area contributed by atoms with Gasteiger partial charge < -0.3 is 14.6 Å². The molecule has 1 rings (SSSR count). The molecule has 1 N–H and O–H groups in total. The van der Waals surface area contributed by atoms with Gasteiger partial charge in [0.1, 0.15) is 11.6 Å². The van der Waals surface area contributed by atoms with Crippen molar-refractivity contribution in [3.05, 3.63) is 34.9 Å². The average Bonchev–Trinajstić information content (AvgIpc) is 2.40. The molecule has 0 aliphatic heterocycles. The quantitative estimate of drug-likeness (QED) is 0.607. The van der Waals surface area contributed by atoms with Crippen molar-refractivity contribution in [3.63, 3.8) is 0 Å². The van der Waals surface area contributed by atoms with Gasteiger partial charge in [0.25, 0.3) is 0 Å². The third-order valence-electron chi connectivity index (χ3n) is 2.51. The molecular formula is C13H16F2O4. The Morgan fingerprint density at radius 2 is 1.89 bits per heavy atom. The van der Waals surface area contributed by atoms with E-state index in [2.05, 4.69) is 4.74 Å². The highest BCUT2D eigenvalue weighted by molar-refractivity contribution is 5.89. The molecule has 0 saturated heterocycles. The average molecular weight is 274 g/mol. The molecule has 0 aromatic heterocycles. The van der Waals surface area contributed by atoms with Crippen molar-refractivity contribution in [2.24, 2.45) is 0 Å². The van der Waals surface area contributed by atoms with Gasteiger partial charge in [-0.25, -0.2) is 13.6 Å². The third kappa shape index (κ3) is 4.57. The summed E-state index contributed by atoms with van der Waals surface area (Å²) in [6, 6.07) is 1.88. The Kier molecular flexibility index (Phi) is 6.38. The minimum Gasteiger partial charge on any atom is -0.465 e. The SMILES string of the molecule is COC(=O)c1cc(F)c(CCOCCCO)c(F)c1. The normalized spacial score (nSPS) is 10.5. The molecular weight excluding hydrogens is 258 g/mol. The molecule has 0 aliphatic rings. The van der Waals surface area contributed by atoms with Crippen LogP contribution in [0.3, 0.4) is 0 Å². The van der Waals surface area contributed by atoms with Gasteiger partial charge >= 0.3 is 5.97 Å². The van der Waals surface area contributed by atoms with Crippen molar-refractivity contribution >= 4 is 5.97 Å². The fourth-order valence-corrected chi connectivity index (χ4v) is 1.52. The lowest BCUT2D eigenvalue weighted by Gasteiger charge is -2.08. The monoisotopic (exact) mass is 274 g/mol.